The number of amides is 1. The van der Waals surface area contributed by atoms with Crippen LogP contribution in [0.5, 0.6) is 0 Å². The normalized spacial score (nSPS) is 20.3. The van der Waals surface area contributed by atoms with Gasteiger partial charge in [-0.2, -0.15) is 0 Å². The molecule has 1 fully saturated rings. The van der Waals surface area contributed by atoms with E-state index in [-0.39, 0.29) is 6.09 Å². The zero-order valence-electron chi connectivity index (χ0n) is 11.0. The minimum absolute atomic E-state index is 0.389. The monoisotopic (exact) mass is 244 g/mol. The van der Waals surface area contributed by atoms with Crippen LogP contribution in [0.1, 0.15) is 33.6 Å². The number of carbonyl (C=O) groups excluding carboxylic acids is 1. The Bertz CT molecular complexity index is 232. The standard InChI is InChI=1S/C12H24N2O3/c1-12(2,3)17-11(15)14-7-8-16-9-10-5-4-6-13-10/h10,13H,4-9H2,1-3H3,(H,14,15). The lowest BCUT2D eigenvalue weighted by Gasteiger charge is -2.19. The second kappa shape index (κ2) is 6.81. The van der Waals surface area contributed by atoms with Gasteiger partial charge in [-0.3, -0.25) is 0 Å². The number of ether oxygens (including phenoxy) is 2. The van der Waals surface area contributed by atoms with Crippen molar-refractivity contribution in [2.45, 2.75) is 45.3 Å². The van der Waals surface area contributed by atoms with E-state index in [2.05, 4.69) is 10.6 Å². The number of carbonyl (C=O) groups is 1. The van der Waals surface area contributed by atoms with Crippen LogP contribution in [0.4, 0.5) is 4.79 Å². The molecule has 0 aliphatic carbocycles. The fraction of sp³-hybridized carbons (Fsp3) is 0.917. The summed E-state index contributed by atoms with van der Waals surface area (Å²) in [6.07, 6.45) is 2.02. The Balaban J connectivity index is 1.94. The average Bonchev–Trinajstić information content (AvgIpc) is 2.67. The molecule has 2 N–H and O–H groups in total. The van der Waals surface area contributed by atoms with Crippen LogP contribution in [0.25, 0.3) is 0 Å². The van der Waals surface area contributed by atoms with Crippen LogP contribution in [-0.4, -0.2) is 44.0 Å². The first-order valence-electron chi connectivity index (χ1n) is 6.25. The van der Waals surface area contributed by atoms with Crippen LogP contribution in [-0.2, 0) is 9.47 Å². The summed E-state index contributed by atoms with van der Waals surface area (Å²) >= 11 is 0. The van der Waals surface area contributed by atoms with E-state index < -0.39 is 5.60 Å². The van der Waals surface area contributed by atoms with Crippen LogP contribution in [0.3, 0.4) is 0 Å². The second-order valence-corrected chi connectivity index (χ2v) is 5.30. The van der Waals surface area contributed by atoms with E-state index in [0.29, 0.717) is 19.2 Å². The molecule has 5 nitrogen and oxygen atoms in total. The van der Waals surface area contributed by atoms with Gasteiger partial charge in [0.05, 0.1) is 13.2 Å². The Morgan fingerprint density at radius 2 is 2.24 bits per heavy atom. The Morgan fingerprint density at radius 3 is 2.82 bits per heavy atom. The molecular weight excluding hydrogens is 220 g/mol. The molecule has 1 saturated heterocycles. The summed E-state index contributed by atoms with van der Waals surface area (Å²) in [5, 5.41) is 6.01. The molecule has 0 bridgehead atoms. The molecule has 0 spiro atoms. The van der Waals surface area contributed by atoms with E-state index >= 15 is 0 Å². The van der Waals surface area contributed by atoms with Crippen LogP contribution in [0, 0.1) is 0 Å². The SMILES string of the molecule is CC(C)(C)OC(=O)NCCOCC1CCCN1. The van der Waals surface area contributed by atoms with E-state index in [9.17, 15) is 4.79 Å². The topological polar surface area (TPSA) is 59.6 Å². The summed E-state index contributed by atoms with van der Waals surface area (Å²) < 4.78 is 10.6. The van der Waals surface area contributed by atoms with Crippen molar-refractivity contribution in [3.8, 4) is 0 Å². The fourth-order valence-corrected chi connectivity index (χ4v) is 1.66. The van der Waals surface area contributed by atoms with Gasteiger partial charge in [-0.25, -0.2) is 4.79 Å². The van der Waals surface area contributed by atoms with Gasteiger partial charge in [0.25, 0.3) is 0 Å². The van der Waals surface area contributed by atoms with Gasteiger partial charge in [0.2, 0.25) is 0 Å². The van der Waals surface area contributed by atoms with Gasteiger partial charge in [0, 0.05) is 12.6 Å². The van der Waals surface area contributed by atoms with Crippen LogP contribution < -0.4 is 10.6 Å². The molecule has 1 rings (SSSR count). The number of hydrogen-bond donors (Lipinski definition) is 2. The first-order valence-corrected chi connectivity index (χ1v) is 6.25. The van der Waals surface area contributed by atoms with Gasteiger partial charge in [-0.05, 0) is 40.2 Å². The van der Waals surface area contributed by atoms with Gasteiger partial charge in [-0.15, -0.1) is 0 Å². The summed E-state index contributed by atoms with van der Waals surface area (Å²) in [6, 6.07) is 0.483. The van der Waals surface area contributed by atoms with Gasteiger partial charge < -0.3 is 20.1 Å². The Morgan fingerprint density at radius 1 is 1.47 bits per heavy atom. The molecule has 0 aromatic carbocycles. The molecule has 1 amide bonds. The Hall–Kier alpha value is -0.810. The van der Waals surface area contributed by atoms with Crippen molar-refractivity contribution in [1.29, 1.82) is 0 Å². The largest absolute Gasteiger partial charge is 0.444 e. The maximum Gasteiger partial charge on any atom is 0.407 e. The molecule has 0 aromatic heterocycles. The third-order valence-corrected chi connectivity index (χ3v) is 2.40. The molecule has 5 heteroatoms. The smallest absolute Gasteiger partial charge is 0.407 e. The van der Waals surface area contributed by atoms with E-state index in [1.165, 1.54) is 12.8 Å². The summed E-state index contributed by atoms with van der Waals surface area (Å²) in [4.78, 5) is 11.3. The highest BCUT2D eigenvalue weighted by Gasteiger charge is 2.16. The maximum absolute atomic E-state index is 11.3. The Labute approximate surface area is 103 Å². The summed E-state index contributed by atoms with van der Waals surface area (Å²) in [5.41, 5.74) is -0.446. The molecule has 100 valence electrons. The Kier molecular flexibility index (Phi) is 5.71. The van der Waals surface area contributed by atoms with Gasteiger partial charge in [0.1, 0.15) is 5.60 Å². The first kappa shape index (κ1) is 14.3. The lowest BCUT2D eigenvalue weighted by Crippen LogP contribution is -2.35. The summed E-state index contributed by atoms with van der Waals surface area (Å²) in [7, 11) is 0. The van der Waals surface area contributed by atoms with Crippen molar-refractivity contribution in [3.05, 3.63) is 0 Å². The van der Waals surface area contributed by atoms with Crippen molar-refractivity contribution in [2.24, 2.45) is 0 Å². The lowest BCUT2D eigenvalue weighted by molar-refractivity contribution is 0.0494. The van der Waals surface area contributed by atoms with Crippen LogP contribution in [0.15, 0.2) is 0 Å². The average molecular weight is 244 g/mol. The van der Waals surface area contributed by atoms with E-state index in [1.807, 2.05) is 20.8 Å². The number of nitrogens with one attached hydrogen (secondary N) is 2. The van der Waals surface area contributed by atoms with E-state index in [1.54, 1.807) is 0 Å². The molecule has 1 aliphatic heterocycles. The number of rotatable bonds is 5. The molecular formula is C12H24N2O3. The van der Waals surface area contributed by atoms with Gasteiger partial charge >= 0.3 is 6.09 Å². The number of alkyl carbamates (subject to hydrolysis) is 1. The fourth-order valence-electron chi connectivity index (χ4n) is 1.66. The third-order valence-electron chi connectivity index (χ3n) is 2.40. The molecule has 0 saturated carbocycles. The highest BCUT2D eigenvalue weighted by Crippen LogP contribution is 2.06. The highest BCUT2D eigenvalue weighted by atomic mass is 16.6. The van der Waals surface area contributed by atoms with Crippen molar-refractivity contribution >= 4 is 6.09 Å². The minimum Gasteiger partial charge on any atom is -0.444 e. The van der Waals surface area contributed by atoms with Crippen molar-refractivity contribution in [2.75, 3.05) is 26.3 Å². The predicted octanol–water partition coefficient (Wildman–Crippen LogP) is 1.28. The van der Waals surface area contributed by atoms with Crippen molar-refractivity contribution < 1.29 is 14.3 Å². The van der Waals surface area contributed by atoms with Gasteiger partial charge in [0.15, 0.2) is 0 Å². The van der Waals surface area contributed by atoms with E-state index in [4.69, 9.17) is 9.47 Å². The van der Waals surface area contributed by atoms with Crippen molar-refractivity contribution in [3.63, 3.8) is 0 Å². The molecule has 1 unspecified atom stereocenters. The zero-order valence-corrected chi connectivity index (χ0v) is 11.0. The number of hydrogen-bond acceptors (Lipinski definition) is 4. The lowest BCUT2D eigenvalue weighted by atomic mass is 10.2. The zero-order chi connectivity index (χ0) is 12.7. The summed E-state index contributed by atoms with van der Waals surface area (Å²) in [5.74, 6) is 0. The van der Waals surface area contributed by atoms with Crippen LogP contribution in [0.2, 0.25) is 0 Å². The molecule has 0 aromatic rings. The highest BCUT2D eigenvalue weighted by molar-refractivity contribution is 5.67. The minimum atomic E-state index is -0.446. The molecule has 17 heavy (non-hydrogen) atoms. The molecule has 1 atom stereocenters. The van der Waals surface area contributed by atoms with Crippen LogP contribution >= 0.6 is 0 Å². The first-order chi connectivity index (χ1) is 7.97. The summed E-state index contributed by atoms with van der Waals surface area (Å²) in [6.45, 7) is 8.35. The third kappa shape index (κ3) is 7.18. The van der Waals surface area contributed by atoms with E-state index in [0.717, 1.165) is 13.2 Å². The molecule has 0 radical (unpaired) electrons. The second-order valence-electron chi connectivity index (χ2n) is 5.30. The predicted molar refractivity (Wildman–Crippen MR) is 66.1 cm³/mol. The molecule has 1 heterocycles. The maximum atomic E-state index is 11.3. The quantitative estimate of drug-likeness (QED) is 0.715. The van der Waals surface area contributed by atoms with Crippen molar-refractivity contribution in [1.82, 2.24) is 10.6 Å². The molecule has 1 aliphatic rings. The van der Waals surface area contributed by atoms with Gasteiger partial charge in [-0.1, -0.05) is 0 Å².